The molecule has 3 aromatic rings. The van der Waals surface area contributed by atoms with E-state index in [0.29, 0.717) is 0 Å². The van der Waals surface area contributed by atoms with E-state index < -0.39 is 0 Å². The molecule has 0 unspecified atom stereocenters. The Hall–Kier alpha value is -3.20. The number of pyridine rings is 1. The summed E-state index contributed by atoms with van der Waals surface area (Å²) in [5.74, 6) is 0. The first-order chi connectivity index (χ1) is 15.8. The third-order valence-electron chi connectivity index (χ3n) is 6.68. The highest BCUT2D eigenvalue weighted by atomic mass is 14.8. The largest absolute Gasteiger partial charge is 0.399 e. The van der Waals surface area contributed by atoms with Crippen LogP contribution in [0.1, 0.15) is 68.0 Å². The zero-order valence-corrected chi connectivity index (χ0v) is 20.6. The number of nitrogen functional groups attached to an aromatic ring is 1. The molecule has 3 heteroatoms. The molecule has 0 saturated carbocycles. The molecule has 1 aliphatic heterocycles. The number of hydrogen-bond acceptors (Lipinski definition) is 3. The van der Waals surface area contributed by atoms with Crippen LogP contribution in [0.15, 0.2) is 65.7 Å². The van der Waals surface area contributed by atoms with Gasteiger partial charge in [-0.3, -0.25) is 9.98 Å². The van der Waals surface area contributed by atoms with Crippen LogP contribution in [0.2, 0.25) is 0 Å². The van der Waals surface area contributed by atoms with E-state index in [1.807, 2.05) is 12.1 Å². The third kappa shape index (κ3) is 4.78. The van der Waals surface area contributed by atoms with Gasteiger partial charge in [0.1, 0.15) is 0 Å². The molecule has 1 aromatic heterocycles. The highest BCUT2D eigenvalue weighted by Crippen LogP contribution is 2.34. The van der Waals surface area contributed by atoms with Crippen LogP contribution in [0.3, 0.4) is 0 Å². The molecule has 4 rings (SSSR count). The van der Waals surface area contributed by atoms with Crippen molar-refractivity contribution in [2.75, 3.05) is 5.73 Å². The second kappa shape index (κ2) is 9.35. The number of aromatic nitrogens is 1. The van der Waals surface area contributed by atoms with Gasteiger partial charge in [0.05, 0.1) is 17.1 Å². The van der Waals surface area contributed by atoms with Crippen molar-refractivity contribution >= 4 is 17.1 Å². The Labute approximate surface area is 198 Å². The smallest absolute Gasteiger partial charge is 0.0709 e. The van der Waals surface area contributed by atoms with Crippen LogP contribution in [-0.4, -0.2) is 10.7 Å². The Kier molecular flexibility index (Phi) is 6.51. The fraction of sp³-hybridized carbons (Fsp3) is 0.333. The van der Waals surface area contributed by atoms with Gasteiger partial charge in [-0.1, -0.05) is 49.2 Å². The normalized spacial score (nSPS) is 14.1. The highest BCUT2D eigenvalue weighted by molar-refractivity contribution is 5.99. The van der Waals surface area contributed by atoms with Crippen molar-refractivity contribution < 1.29 is 0 Å². The van der Waals surface area contributed by atoms with Crippen LogP contribution in [0.4, 0.5) is 5.69 Å². The van der Waals surface area contributed by atoms with E-state index in [4.69, 9.17) is 15.7 Å². The summed E-state index contributed by atoms with van der Waals surface area (Å²) in [5.41, 5.74) is 17.1. The molecule has 1 aliphatic rings. The second-order valence-corrected chi connectivity index (χ2v) is 9.70. The van der Waals surface area contributed by atoms with Crippen molar-refractivity contribution in [2.24, 2.45) is 4.99 Å². The summed E-state index contributed by atoms with van der Waals surface area (Å²) in [6.45, 7) is 11.0. The van der Waals surface area contributed by atoms with Crippen molar-refractivity contribution in [3.05, 3.63) is 88.6 Å². The molecule has 2 N–H and O–H groups in total. The molecule has 170 valence electrons. The van der Waals surface area contributed by atoms with Gasteiger partial charge in [-0.05, 0) is 88.4 Å². The number of anilines is 1. The van der Waals surface area contributed by atoms with Crippen molar-refractivity contribution in [1.29, 1.82) is 0 Å². The van der Waals surface area contributed by atoms with Gasteiger partial charge in [-0.25, -0.2) is 0 Å². The standard InChI is InChI=1S/C30H35N3/c1-6-9-22-16-14-20(2)18-25(22)27-11-8-13-29(33-27)30(4,5)28-12-7-10-26(32-28)24-19-23(31)17-15-21(24)3/h7,10-12,14-19H,6,8-9,13,31H2,1-5H3. The number of nitrogens with two attached hydrogens (primary N) is 1. The fourth-order valence-electron chi connectivity index (χ4n) is 4.63. The maximum Gasteiger partial charge on any atom is 0.0709 e. The zero-order valence-electron chi connectivity index (χ0n) is 20.6. The van der Waals surface area contributed by atoms with Crippen molar-refractivity contribution in [2.45, 2.75) is 65.7 Å². The Bertz CT molecular complexity index is 1230. The number of hydrogen-bond donors (Lipinski definition) is 1. The molecule has 0 fully saturated rings. The molecule has 0 saturated heterocycles. The van der Waals surface area contributed by atoms with Gasteiger partial charge in [-0.2, -0.15) is 0 Å². The monoisotopic (exact) mass is 437 g/mol. The van der Waals surface area contributed by atoms with Crippen molar-refractivity contribution in [3.63, 3.8) is 0 Å². The second-order valence-electron chi connectivity index (χ2n) is 9.70. The average molecular weight is 438 g/mol. The quantitative estimate of drug-likeness (QED) is 0.407. The molecule has 0 atom stereocenters. The summed E-state index contributed by atoms with van der Waals surface area (Å²) in [4.78, 5) is 10.3. The SMILES string of the molecule is CCCc1ccc(C)cc1C1=CCCC(C(C)(C)c2cccc(-c3cc(N)ccc3C)n2)=N1. The number of allylic oxidation sites excluding steroid dienone is 1. The average Bonchev–Trinajstić information content (AvgIpc) is 2.82. The Balaban J connectivity index is 1.72. The third-order valence-corrected chi connectivity index (χ3v) is 6.68. The molecule has 3 nitrogen and oxygen atoms in total. The van der Waals surface area contributed by atoms with Crippen LogP contribution in [0.5, 0.6) is 0 Å². The number of rotatable bonds is 6. The Morgan fingerprint density at radius 2 is 1.79 bits per heavy atom. The first-order valence-electron chi connectivity index (χ1n) is 12.0. The molecule has 0 spiro atoms. The Morgan fingerprint density at radius 3 is 2.58 bits per heavy atom. The molecule has 0 amide bonds. The number of benzene rings is 2. The molecule has 2 heterocycles. The molecule has 0 bridgehead atoms. The predicted octanol–water partition coefficient (Wildman–Crippen LogP) is 7.45. The lowest BCUT2D eigenvalue weighted by Crippen LogP contribution is -2.31. The Morgan fingerprint density at radius 1 is 0.970 bits per heavy atom. The molecule has 0 radical (unpaired) electrons. The summed E-state index contributed by atoms with van der Waals surface area (Å²) in [6.07, 6.45) is 6.46. The lowest BCUT2D eigenvalue weighted by Gasteiger charge is -2.29. The van der Waals surface area contributed by atoms with Gasteiger partial charge in [0.25, 0.3) is 0 Å². The summed E-state index contributed by atoms with van der Waals surface area (Å²) in [6, 6.07) is 19.1. The van der Waals surface area contributed by atoms with E-state index in [1.54, 1.807) is 0 Å². The van der Waals surface area contributed by atoms with Crippen LogP contribution in [-0.2, 0) is 11.8 Å². The zero-order chi connectivity index (χ0) is 23.6. The number of aryl methyl sites for hydroxylation is 3. The predicted molar refractivity (Wildman–Crippen MR) is 142 cm³/mol. The van der Waals surface area contributed by atoms with Gasteiger partial charge in [0.2, 0.25) is 0 Å². The van der Waals surface area contributed by atoms with Gasteiger partial charge >= 0.3 is 0 Å². The van der Waals surface area contributed by atoms with E-state index in [2.05, 4.69) is 83.2 Å². The first-order valence-corrected chi connectivity index (χ1v) is 12.0. The van der Waals surface area contributed by atoms with E-state index >= 15 is 0 Å². The molecule has 2 aromatic carbocycles. The van der Waals surface area contributed by atoms with Crippen molar-refractivity contribution in [1.82, 2.24) is 4.98 Å². The summed E-state index contributed by atoms with van der Waals surface area (Å²) >= 11 is 0. The maximum atomic E-state index is 6.07. The van der Waals surface area contributed by atoms with E-state index in [1.165, 1.54) is 28.0 Å². The van der Waals surface area contributed by atoms with Crippen LogP contribution < -0.4 is 5.73 Å². The molecule has 33 heavy (non-hydrogen) atoms. The van der Waals surface area contributed by atoms with Gasteiger partial charge in [0, 0.05) is 27.9 Å². The lowest BCUT2D eigenvalue weighted by atomic mass is 9.79. The number of aliphatic imine (C=N–C) groups is 1. The minimum atomic E-state index is -0.265. The van der Waals surface area contributed by atoms with Gasteiger partial charge in [0.15, 0.2) is 0 Å². The highest BCUT2D eigenvalue weighted by Gasteiger charge is 2.30. The van der Waals surface area contributed by atoms with Crippen molar-refractivity contribution in [3.8, 4) is 11.3 Å². The van der Waals surface area contributed by atoms with E-state index in [-0.39, 0.29) is 5.41 Å². The van der Waals surface area contributed by atoms with E-state index in [9.17, 15) is 0 Å². The van der Waals surface area contributed by atoms with Gasteiger partial charge in [-0.15, -0.1) is 0 Å². The fourth-order valence-corrected chi connectivity index (χ4v) is 4.63. The molecule has 0 aliphatic carbocycles. The molecular weight excluding hydrogens is 402 g/mol. The van der Waals surface area contributed by atoms with Crippen LogP contribution in [0.25, 0.3) is 17.0 Å². The first kappa shape index (κ1) is 23.0. The van der Waals surface area contributed by atoms with Crippen LogP contribution >= 0.6 is 0 Å². The van der Waals surface area contributed by atoms with Gasteiger partial charge < -0.3 is 5.73 Å². The summed E-state index contributed by atoms with van der Waals surface area (Å²) < 4.78 is 0. The maximum absolute atomic E-state index is 6.07. The summed E-state index contributed by atoms with van der Waals surface area (Å²) in [7, 11) is 0. The minimum Gasteiger partial charge on any atom is -0.399 e. The molecular formula is C30H35N3. The summed E-state index contributed by atoms with van der Waals surface area (Å²) in [5, 5.41) is 0. The lowest BCUT2D eigenvalue weighted by molar-refractivity contribution is 0.669. The topological polar surface area (TPSA) is 51.3 Å². The van der Waals surface area contributed by atoms with E-state index in [0.717, 1.165) is 54.0 Å². The number of nitrogens with zero attached hydrogens (tertiary/aromatic N) is 2. The minimum absolute atomic E-state index is 0.265. The van der Waals surface area contributed by atoms with Crippen LogP contribution in [0, 0.1) is 13.8 Å².